The van der Waals surface area contributed by atoms with Crippen LogP contribution in [0.15, 0.2) is 24.3 Å². The molecule has 5 nitrogen and oxygen atoms in total. The smallest absolute Gasteiger partial charge is 0.313 e. The zero-order chi connectivity index (χ0) is 15.5. The van der Waals surface area contributed by atoms with Crippen molar-refractivity contribution >= 4 is 11.9 Å². The molecule has 0 radical (unpaired) electrons. The molecular weight excluding hydrogens is 272 g/mol. The summed E-state index contributed by atoms with van der Waals surface area (Å²) in [4.78, 5) is 23.7. The second-order valence-corrected chi connectivity index (χ2v) is 5.07. The Kier molecular flexibility index (Phi) is 4.50. The van der Waals surface area contributed by atoms with E-state index in [1.54, 1.807) is 33.1 Å². The highest BCUT2D eigenvalue weighted by atomic mass is 16.6. The first kappa shape index (κ1) is 15.4. The van der Waals surface area contributed by atoms with Gasteiger partial charge in [-0.15, -0.1) is 0 Å². The third kappa shape index (κ3) is 2.86. The molecule has 1 saturated heterocycles. The van der Waals surface area contributed by atoms with Crippen molar-refractivity contribution in [2.45, 2.75) is 32.3 Å². The number of carbonyl (C=O) groups excluding carboxylic acids is 2. The maximum absolute atomic E-state index is 12.1. The predicted molar refractivity (Wildman–Crippen MR) is 75.8 cm³/mol. The van der Waals surface area contributed by atoms with Gasteiger partial charge >= 0.3 is 11.9 Å². The minimum atomic E-state index is -0.949. The van der Waals surface area contributed by atoms with Gasteiger partial charge in [-0.05, 0) is 31.5 Å². The van der Waals surface area contributed by atoms with E-state index in [1.807, 2.05) is 12.1 Å². The fourth-order valence-corrected chi connectivity index (χ4v) is 2.68. The van der Waals surface area contributed by atoms with Crippen molar-refractivity contribution in [3.8, 4) is 5.75 Å². The first-order valence-electron chi connectivity index (χ1n) is 7.06. The summed E-state index contributed by atoms with van der Waals surface area (Å²) in [5.74, 6) is -0.496. The maximum Gasteiger partial charge on any atom is 0.313 e. The third-order valence-corrected chi connectivity index (χ3v) is 3.91. The fourth-order valence-electron chi connectivity index (χ4n) is 2.68. The number of hydrogen-bond donors (Lipinski definition) is 0. The standard InChI is InChI=1S/C16H20O5/c1-4-20-15(18)11(2)16(10-9-14(17)21-16)12-5-7-13(19-3)8-6-12/h5-8,11H,4,9-10H2,1-3H3/t11-,16+/m0/s1. The largest absolute Gasteiger partial charge is 0.497 e. The molecule has 2 rings (SSSR count). The van der Waals surface area contributed by atoms with Crippen molar-refractivity contribution in [1.82, 2.24) is 0 Å². The van der Waals surface area contributed by atoms with Gasteiger partial charge in [0.2, 0.25) is 0 Å². The second kappa shape index (κ2) is 6.16. The highest BCUT2D eigenvalue weighted by Crippen LogP contribution is 2.44. The van der Waals surface area contributed by atoms with Gasteiger partial charge in [-0.25, -0.2) is 0 Å². The van der Waals surface area contributed by atoms with Gasteiger partial charge in [0.05, 0.1) is 19.6 Å². The van der Waals surface area contributed by atoms with Crippen molar-refractivity contribution in [2.24, 2.45) is 5.92 Å². The monoisotopic (exact) mass is 292 g/mol. The lowest BCUT2D eigenvalue weighted by atomic mass is 9.80. The summed E-state index contributed by atoms with van der Waals surface area (Å²) in [7, 11) is 1.58. The maximum atomic E-state index is 12.1. The molecule has 0 N–H and O–H groups in total. The Balaban J connectivity index is 2.37. The van der Waals surface area contributed by atoms with Crippen LogP contribution in [-0.2, 0) is 24.7 Å². The number of methoxy groups -OCH3 is 1. The van der Waals surface area contributed by atoms with E-state index in [4.69, 9.17) is 14.2 Å². The highest BCUT2D eigenvalue weighted by molar-refractivity contribution is 5.78. The molecule has 0 aliphatic carbocycles. The van der Waals surface area contributed by atoms with Crippen molar-refractivity contribution in [3.63, 3.8) is 0 Å². The van der Waals surface area contributed by atoms with E-state index in [1.165, 1.54) is 0 Å². The fraction of sp³-hybridized carbons (Fsp3) is 0.500. The van der Waals surface area contributed by atoms with E-state index in [-0.39, 0.29) is 11.9 Å². The summed E-state index contributed by atoms with van der Waals surface area (Å²) in [6.45, 7) is 3.79. The number of cyclic esters (lactones) is 1. The quantitative estimate of drug-likeness (QED) is 0.780. The molecule has 1 aliphatic rings. The van der Waals surface area contributed by atoms with Gasteiger partial charge in [0.25, 0.3) is 0 Å². The summed E-state index contributed by atoms with van der Waals surface area (Å²) in [6.07, 6.45) is 0.772. The van der Waals surface area contributed by atoms with Crippen LogP contribution in [0, 0.1) is 5.92 Å². The van der Waals surface area contributed by atoms with Gasteiger partial charge in [-0.1, -0.05) is 12.1 Å². The van der Waals surface area contributed by atoms with Crippen LogP contribution in [0.4, 0.5) is 0 Å². The molecule has 0 aromatic heterocycles. The Labute approximate surface area is 124 Å². The molecule has 5 heteroatoms. The zero-order valence-corrected chi connectivity index (χ0v) is 12.5. The minimum absolute atomic E-state index is 0.290. The highest BCUT2D eigenvalue weighted by Gasteiger charge is 2.50. The average Bonchev–Trinajstić information content (AvgIpc) is 2.90. The Hall–Kier alpha value is -2.04. The molecular formula is C16H20O5. The predicted octanol–water partition coefficient (Wildman–Crippen LogP) is 2.43. The number of rotatable bonds is 5. The molecule has 0 amide bonds. The van der Waals surface area contributed by atoms with Crippen LogP contribution in [0.25, 0.3) is 0 Å². The molecule has 114 valence electrons. The summed E-state index contributed by atoms with van der Waals surface area (Å²) in [5.41, 5.74) is -0.162. The molecule has 1 aromatic carbocycles. The molecule has 21 heavy (non-hydrogen) atoms. The Bertz CT molecular complexity index is 522. The van der Waals surface area contributed by atoms with Crippen molar-refractivity contribution in [2.75, 3.05) is 13.7 Å². The van der Waals surface area contributed by atoms with E-state index in [0.29, 0.717) is 25.2 Å². The summed E-state index contributed by atoms with van der Waals surface area (Å²) in [6, 6.07) is 7.24. The molecule has 1 aromatic rings. The third-order valence-electron chi connectivity index (χ3n) is 3.91. The van der Waals surface area contributed by atoms with Crippen LogP contribution in [0.2, 0.25) is 0 Å². The lowest BCUT2D eigenvalue weighted by Crippen LogP contribution is -2.39. The van der Waals surface area contributed by atoms with Gasteiger partial charge in [-0.3, -0.25) is 9.59 Å². The Morgan fingerprint density at radius 1 is 1.38 bits per heavy atom. The second-order valence-electron chi connectivity index (χ2n) is 5.07. The Morgan fingerprint density at radius 3 is 2.52 bits per heavy atom. The van der Waals surface area contributed by atoms with Gasteiger partial charge in [0.15, 0.2) is 5.60 Å². The van der Waals surface area contributed by atoms with Gasteiger partial charge < -0.3 is 14.2 Å². The van der Waals surface area contributed by atoms with Gasteiger partial charge in [-0.2, -0.15) is 0 Å². The molecule has 0 unspecified atom stereocenters. The lowest BCUT2D eigenvalue weighted by Gasteiger charge is -2.33. The lowest BCUT2D eigenvalue weighted by molar-refractivity contribution is -0.167. The molecule has 1 heterocycles. The number of ether oxygens (including phenoxy) is 3. The number of carbonyl (C=O) groups is 2. The van der Waals surface area contributed by atoms with Gasteiger partial charge in [0, 0.05) is 12.8 Å². The minimum Gasteiger partial charge on any atom is -0.497 e. The van der Waals surface area contributed by atoms with Crippen LogP contribution in [0.3, 0.4) is 0 Å². The molecule has 1 fully saturated rings. The van der Waals surface area contributed by atoms with Crippen molar-refractivity contribution < 1.29 is 23.8 Å². The van der Waals surface area contributed by atoms with Crippen molar-refractivity contribution in [3.05, 3.63) is 29.8 Å². The van der Waals surface area contributed by atoms with E-state index in [9.17, 15) is 9.59 Å². The summed E-state index contributed by atoms with van der Waals surface area (Å²) < 4.78 is 15.8. The number of esters is 2. The average molecular weight is 292 g/mol. The van der Waals surface area contributed by atoms with Crippen LogP contribution < -0.4 is 4.74 Å². The van der Waals surface area contributed by atoms with E-state index < -0.39 is 11.5 Å². The van der Waals surface area contributed by atoms with E-state index >= 15 is 0 Å². The molecule has 1 aliphatic heterocycles. The van der Waals surface area contributed by atoms with E-state index in [0.717, 1.165) is 5.56 Å². The molecule has 0 bridgehead atoms. The van der Waals surface area contributed by atoms with Crippen LogP contribution in [-0.4, -0.2) is 25.7 Å². The topological polar surface area (TPSA) is 61.8 Å². The molecule has 0 saturated carbocycles. The number of hydrogen-bond acceptors (Lipinski definition) is 5. The normalized spacial score (nSPS) is 22.5. The SMILES string of the molecule is CCOC(=O)[C@H](C)[C@@]1(c2ccc(OC)cc2)CCC(=O)O1. The zero-order valence-electron chi connectivity index (χ0n) is 12.5. The molecule has 2 atom stereocenters. The Morgan fingerprint density at radius 2 is 2.05 bits per heavy atom. The first-order chi connectivity index (χ1) is 10.0. The molecule has 0 spiro atoms. The van der Waals surface area contributed by atoms with Crippen LogP contribution >= 0.6 is 0 Å². The summed E-state index contributed by atoms with van der Waals surface area (Å²) >= 11 is 0. The van der Waals surface area contributed by atoms with Crippen molar-refractivity contribution in [1.29, 1.82) is 0 Å². The van der Waals surface area contributed by atoms with Gasteiger partial charge in [0.1, 0.15) is 5.75 Å². The van der Waals surface area contributed by atoms with Crippen LogP contribution in [0.1, 0.15) is 32.3 Å². The van der Waals surface area contributed by atoms with E-state index in [2.05, 4.69) is 0 Å². The first-order valence-corrected chi connectivity index (χ1v) is 7.06. The summed E-state index contributed by atoms with van der Waals surface area (Å²) in [5, 5.41) is 0. The number of benzene rings is 1. The van der Waals surface area contributed by atoms with Crippen LogP contribution in [0.5, 0.6) is 5.75 Å².